The van der Waals surface area contributed by atoms with Crippen LogP contribution >= 0.6 is 11.3 Å². The average Bonchev–Trinajstić information content (AvgIpc) is 3.71. The Balaban J connectivity index is 1.08. The van der Waals surface area contributed by atoms with Crippen molar-refractivity contribution in [2.24, 2.45) is 0 Å². The zero-order valence-electron chi connectivity index (χ0n) is 30.8. The Labute approximate surface area is 325 Å². The summed E-state index contributed by atoms with van der Waals surface area (Å²) in [7, 11) is 0. The molecule has 0 amide bonds. The summed E-state index contributed by atoms with van der Waals surface area (Å²) in [6.07, 6.45) is 0. The van der Waals surface area contributed by atoms with E-state index in [0.29, 0.717) is 0 Å². The molecule has 1 heterocycles. The van der Waals surface area contributed by atoms with E-state index in [1.165, 1.54) is 91.9 Å². The van der Waals surface area contributed by atoms with E-state index in [2.05, 4.69) is 207 Å². The lowest BCUT2D eigenvalue weighted by molar-refractivity contribution is 0.660. The Kier molecular flexibility index (Phi) is 7.14. The minimum absolute atomic E-state index is 0.0986. The normalized spacial score (nSPS) is 13.1. The van der Waals surface area contributed by atoms with Gasteiger partial charge in [0.25, 0.3) is 0 Å². The van der Waals surface area contributed by atoms with Gasteiger partial charge in [0.1, 0.15) is 0 Å². The SMILES string of the molecule is CC1(C)c2ccccc2-c2c(N(c3ccc(-c4cccc5cc6c(cc45)sc4ccccc46)cc3)c3cccc(-c4ccc5ccccc5c4)c3)cccc21. The zero-order valence-corrected chi connectivity index (χ0v) is 31.6. The predicted molar refractivity (Wildman–Crippen MR) is 237 cm³/mol. The molecule has 2 heteroatoms. The van der Waals surface area contributed by atoms with Gasteiger partial charge in [-0.3, -0.25) is 0 Å². The van der Waals surface area contributed by atoms with Gasteiger partial charge in [-0.1, -0.05) is 147 Å². The molecule has 0 spiro atoms. The maximum absolute atomic E-state index is 2.47. The number of nitrogens with zero attached hydrogens (tertiary/aromatic N) is 1. The summed E-state index contributed by atoms with van der Waals surface area (Å²) in [5.41, 5.74) is 13.6. The van der Waals surface area contributed by atoms with E-state index in [-0.39, 0.29) is 5.41 Å². The molecular weight excluding hydrogens is 683 g/mol. The highest BCUT2D eigenvalue weighted by atomic mass is 32.1. The monoisotopic (exact) mass is 719 g/mol. The Bertz CT molecular complexity index is 3130. The highest BCUT2D eigenvalue weighted by Gasteiger charge is 2.37. The maximum atomic E-state index is 2.47. The van der Waals surface area contributed by atoms with Gasteiger partial charge in [0.2, 0.25) is 0 Å². The van der Waals surface area contributed by atoms with Crippen LogP contribution < -0.4 is 4.90 Å². The van der Waals surface area contributed by atoms with Crippen molar-refractivity contribution in [3.8, 4) is 33.4 Å². The summed E-state index contributed by atoms with van der Waals surface area (Å²) < 4.78 is 2.67. The number of hydrogen-bond acceptors (Lipinski definition) is 2. The van der Waals surface area contributed by atoms with Gasteiger partial charge < -0.3 is 4.90 Å². The van der Waals surface area contributed by atoms with Crippen molar-refractivity contribution < 1.29 is 0 Å². The predicted octanol–water partition coefficient (Wildman–Crippen LogP) is 15.5. The first-order valence-electron chi connectivity index (χ1n) is 19.1. The molecule has 55 heavy (non-hydrogen) atoms. The van der Waals surface area contributed by atoms with Crippen molar-refractivity contribution in [2.45, 2.75) is 19.3 Å². The van der Waals surface area contributed by atoms with Gasteiger partial charge in [0, 0.05) is 42.5 Å². The van der Waals surface area contributed by atoms with Crippen LogP contribution in [0.25, 0.3) is 75.1 Å². The summed E-state index contributed by atoms with van der Waals surface area (Å²) in [5.74, 6) is 0. The number of anilines is 3. The summed E-state index contributed by atoms with van der Waals surface area (Å²) in [6.45, 7) is 4.72. The molecule has 0 aliphatic heterocycles. The van der Waals surface area contributed by atoms with Crippen LogP contribution in [-0.4, -0.2) is 0 Å². The molecule has 0 unspecified atom stereocenters. The molecule has 9 aromatic carbocycles. The van der Waals surface area contributed by atoms with Crippen LogP contribution in [0.4, 0.5) is 17.1 Å². The van der Waals surface area contributed by atoms with E-state index in [1.807, 2.05) is 11.3 Å². The van der Waals surface area contributed by atoms with Gasteiger partial charge in [-0.05, 0) is 115 Å². The molecule has 1 nitrogen and oxygen atoms in total. The fraction of sp³-hybridized carbons (Fsp3) is 0.0566. The molecule has 1 aliphatic rings. The molecule has 1 aliphatic carbocycles. The molecule has 0 fully saturated rings. The molecule has 0 atom stereocenters. The number of hydrogen-bond donors (Lipinski definition) is 0. The van der Waals surface area contributed by atoms with E-state index < -0.39 is 0 Å². The van der Waals surface area contributed by atoms with E-state index in [1.54, 1.807) is 0 Å². The van der Waals surface area contributed by atoms with E-state index in [4.69, 9.17) is 0 Å². The fourth-order valence-corrected chi connectivity index (χ4v) is 10.2. The third-order valence-corrected chi connectivity index (χ3v) is 13.0. The molecule has 0 saturated carbocycles. The molecule has 0 bridgehead atoms. The van der Waals surface area contributed by atoms with Crippen molar-refractivity contribution in [3.05, 3.63) is 199 Å². The second kappa shape index (κ2) is 12.3. The highest BCUT2D eigenvalue weighted by molar-refractivity contribution is 7.25. The Morgan fingerprint density at radius 1 is 0.400 bits per heavy atom. The van der Waals surface area contributed by atoms with Crippen LogP contribution in [-0.2, 0) is 5.41 Å². The van der Waals surface area contributed by atoms with Gasteiger partial charge in [0.15, 0.2) is 0 Å². The Morgan fingerprint density at radius 3 is 2.00 bits per heavy atom. The molecule has 0 N–H and O–H groups in total. The van der Waals surface area contributed by atoms with Gasteiger partial charge in [0.05, 0.1) is 5.69 Å². The summed E-state index contributed by atoms with van der Waals surface area (Å²) in [5, 5.41) is 7.73. The summed E-state index contributed by atoms with van der Waals surface area (Å²) >= 11 is 1.88. The number of thiophene rings is 1. The molecular formula is C53H37NS. The second-order valence-electron chi connectivity index (χ2n) is 15.3. The molecule has 10 aromatic rings. The molecule has 260 valence electrons. The van der Waals surface area contributed by atoms with Crippen molar-refractivity contribution in [1.82, 2.24) is 0 Å². The summed E-state index contributed by atoms with van der Waals surface area (Å²) in [4.78, 5) is 2.47. The van der Waals surface area contributed by atoms with Crippen LogP contribution in [0, 0.1) is 0 Å². The molecule has 0 radical (unpaired) electrons. The van der Waals surface area contributed by atoms with Crippen LogP contribution in [0.1, 0.15) is 25.0 Å². The minimum atomic E-state index is -0.0986. The van der Waals surface area contributed by atoms with Crippen molar-refractivity contribution in [2.75, 3.05) is 4.90 Å². The highest BCUT2D eigenvalue weighted by Crippen LogP contribution is 2.54. The third kappa shape index (κ3) is 5.06. The van der Waals surface area contributed by atoms with Gasteiger partial charge in [-0.15, -0.1) is 11.3 Å². The first-order valence-corrected chi connectivity index (χ1v) is 19.9. The first kappa shape index (κ1) is 32.0. The third-order valence-electron chi connectivity index (χ3n) is 11.8. The lowest BCUT2D eigenvalue weighted by atomic mass is 9.82. The average molecular weight is 720 g/mol. The number of benzene rings is 9. The number of fused-ring (bicyclic) bond motifs is 8. The van der Waals surface area contributed by atoms with E-state index in [9.17, 15) is 0 Å². The fourth-order valence-electron chi connectivity index (χ4n) is 9.08. The second-order valence-corrected chi connectivity index (χ2v) is 16.4. The lowest BCUT2D eigenvalue weighted by Gasteiger charge is -2.29. The van der Waals surface area contributed by atoms with Crippen molar-refractivity contribution >= 4 is 70.1 Å². The molecule has 0 saturated heterocycles. The minimum Gasteiger partial charge on any atom is -0.310 e. The quantitative estimate of drug-likeness (QED) is 0.171. The van der Waals surface area contributed by atoms with Crippen LogP contribution in [0.5, 0.6) is 0 Å². The zero-order chi connectivity index (χ0) is 36.7. The standard InChI is InChI=1S/C53H37NS/c1-53(2)47-20-7-5-18-44(47)52-48(53)21-11-22-49(52)54(41-16-9-14-37(31-41)38-25-24-34-12-3-4-13-36(34)30-38)40-28-26-35(27-29-40)42-19-10-15-39-32-46-43-17-6-8-23-50(43)55-51(46)33-45(39)42/h3-33H,1-2H3. The number of rotatable bonds is 5. The van der Waals surface area contributed by atoms with E-state index >= 15 is 0 Å². The van der Waals surface area contributed by atoms with Crippen LogP contribution in [0.15, 0.2) is 188 Å². The molecule has 11 rings (SSSR count). The maximum Gasteiger partial charge on any atom is 0.0543 e. The van der Waals surface area contributed by atoms with Crippen LogP contribution in [0.3, 0.4) is 0 Å². The van der Waals surface area contributed by atoms with E-state index in [0.717, 1.165) is 11.4 Å². The smallest absolute Gasteiger partial charge is 0.0543 e. The van der Waals surface area contributed by atoms with Crippen LogP contribution in [0.2, 0.25) is 0 Å². The Morgan fingerprint density at radius 2 is 1.09 bits per heavy atom. The first-order chi connectivity index (χ1) is 27.0. The van der Waals surface area contributed by atoms with Crippen molar-refractivity contribution in [3.63, 3.8) is 0 Å². The van der Waals surface area contributed by atoms with Gasteiger partial charge in [-0.2, -0.15) is 0 Å². The van der Waals surface area contributed by atoms with Gasteiger partial charge in [-0.25, -0.2) is 0 Å². The Hall–Kier alpha value is -6.48. The lowest BCUT2D eigenvalue weighted by Crippen LogP contribution is -2.16. The summed E-state index contributed by atoms with van der Waals surface area (Å²) in [6, 6.07) is 69.7. The molecule has 1 aromatic heterocycles. The van der Waals surface area contributed by atoms with Crippen molar-refractivity contribution in [1.29, 1.82) is 0 Å². The largest absolute Gasteiger partial charge is 0.310 e. The topological polar surface area (TPSA) is 3.24 Å². The van der Waals surface area contributed by atoms with Gasteiger partial charge >= 0.3 is 0 Å².